The Morgan fingerprint density at radius 2 is 2.39 bits per heavy atom. The number of rotatable bonds is 4. The minimum absolute atomic E-state index is 0.360. The first-order valence-electron chi connectivity index (χ1n) is 4.98. The van der Waals surface area contributed by atoms with E-state index in [0.717, 1.165) is 15.8 Å². The number of aromatic nitrogens is 3. The van der Waals surface area contributed by atoms with Gasteiger partial charge in [0.25, 0.3) is 5.95 Å². The van der Waals surface area contributed by atoms with Crippen LogP contribution in [0.2, 0.25) is 0 Å². The summed E-state index contributed by atoms with van der Waals surface area (Å²) >= 11 is 3.40. The van der Waals surface area contributed by atoms with Crippen molar-refractivity contribution in [1.29, 1.82) is 0 Å². The Balaban J connectivity index is 2.05. The van der Waals surface area contributed by atoms with Gasteiger partial charge in [-0.05, 0) is 39.7 Å². The first kappa shape index (κ1) is 12.4. The van der Waals surface area contributed by atoms with Crippen LogP contribution < -0.4 is 16.0 Å². The van der Waals surface area contributed by atoms with Gasteiger partial charge in [-0.25, -0.2) is 10.1 Å². The van der Waals surface area contributed by atoms with E-state index >= 15 is 0 Å². The number of nitrogen functional groups attached to an aromatic ring is 1. The molecule has 0 aliphatic carbocycles. The largest absolute Gasteiger partial charge is 0.496 e. The summed E-state index contributed by atoms with van der Waals surface area (Å²) in [6.45, 7) is 0. The number of nitrogens with zero attached hydrogens (tertiary/aromatic N) is 4. The molecule has 0 radical (unpaired) electrons. The maximum atomic E-state index is 5.51. The summed E-state index contributed by atoms with van der Waals surface area (Å²) in [6.07, 6.45) is 3.01. The number of methoxy groups -OCH3 is 1. The lowest BCUT2D eigenvalue weighted by Gasteiger charge is -2.03. The second-order valence-corrected chi connectivity index (χ2v) is 4.18. The van der Waals surface area contributed by atoms with E-state index in [9.17, 15) is 0 Å². The van der Waals surface area contributed by atoms with Gasteiger partial charge in [0.1, 0.15) is 12.1 Å². The molecule has 0 aliphatic heterocycles. The van der Waals surface area contributed by atoms with Crippen molar-refractivity contribution in [1.82, 2.24) is 14.9 Å². The molecular weight excluding hydrogens is 300 g/mol. The van der Waals surface area contributed by atoms with Gasteiger partial charge >= 0.3 is 0 Å². The minimum Gasteiger partial charge on any atom is -0.496 e. The molecule has 8 heteroatoms. The van der Waals surface area contributed by atoms with Crippen LogP contribution in [-0.4, -0.2) is 28.2 Å². The summed E-state index contributed by atoms with van der Waals surface area (Å²) in [5.74, 6) is 6.64. The molecule has 0 saturated carbocycles. The molecular formula is C10H11BrN6O. The smallest absolute Gasteiger partial charge is 0.263 e. The third-order valence-electron chi connectivity index (χ3n) is 2.13. The zero-order chi connectivity index (χ0) is 13.0. The van der Waals surface area contributed by atoms with E-state index in [-0.39, 0.29) is 0 Å². The Kier molecular flexibility index (Phi) is 3.78. The molecule has 7 nitrogen and oxygen atoms in total. The van der Waals surface area contributed by atoms with Gasteiger partial charge in [-0.15, -0.1) is 10.2 Å². The van der Waals surface area contributed by atoms with Crippen LogP contribution in [0.15, 0.2) is 34.1 Å². The molecule has 0 bridgehead atoms. The monoisotopic (exact) mass is 310 g/mol. The third-order valence-corrected chi connectivity index (χ3v) is 2.75. The first-order valence-corrected chi connectivity index (χ1v) is 5.77. The van der Waals surface area contributed by atoms with Gasteiger partial charge in [0.05, 0.1) is 17.8 Å². The summed E-state index contributed by atoms with van der Waals surface area (Å²) in [7, 11) is 1.61. The average Bonchev–Trinajstić information content (AvgIpc) is 2.75. The van der Waals surface area contributed by atoms with Gasteiger partial charge in [0.15, 0.2) is 0 Å². The van der Waals surface area contributed by atoms with Gasteiger partial charge < -0.3 is 10.6 Å². The van der Waals surface area contributed by atoms with Crippen LogP contribution in [-0.2, 0) is 0 Å². The number of anilines is 1. The number of nitrogens with one attached hydrogen (secondary N) is 1. The minimum atomic E-state index is 0.360. The lowest BCUT2D eigenvalue weighted by atomic mass is 10.2. The predicted molar refractivity (Wildman–Crippen MR) is 72.1 cm³/mol. The highest BCUT2D eigenvalue weighted by Crippen LogP contribution is 2.24. The number of hydrazone groups is 1. The van der Waals surface area contributed by atoms with Crippen LogP contribution in [0.1, 0.15) is 5.56 Å². The van der Waals surface area contributed by atoms with Crippen LogP contribution in [0, 0.1) is 0 Å². The number of hydrogen-bond donors (Lipinski definition) is 2. The molecule has 1 aromatic carbocycles. The Morgan fingerprint density at radius 1 is 1.56 bits per heavy atom. The van der Waals surface area contributed by atoms with E-state index in [1.807, 2.05) is 18.2 Å². The fraction of sp³-hybridized carbons (Fsp3) is 0.100. The molecule has 1 aromatic heterocycles. The fourth-order valence-electron chi connectivity index (χ4n) is 1.25. The molecule has 2 rings (SSSR count). The zero-order valence-electron chi connectivity index (χ0n) is 9.54. The Bertz CT molecular complexity index is 567. The average molecular weight is 311 g/mol. The van der Waals surface area contributed by atoms with Gasteiger partial charge in [-0.2, -0.15) is 5.10 Å². The first-order chi connectivity index (χ1) is 8.70. The molecule has 0 aliphatic rings. The second-order valence-electron chi connectivity index (χ2n) is 3.33. The Morgan fingerprint density at radius 3 is 3.00 bits per heavy atom. The Labute approximate surface area is 112 Å². The van der Waals surface area contributed by atoms with Crippen LogP contribution in [0.25, 0.3) is 0 Å². The summed E-state index contributed by atoms with van der Waals surface area (Å²) in [6, 6.07) is 5.61. The number of benzene rings is 1. The number of ether oxygens (including phenoxy) is 1. The number of nitrogens with two attached hydrogens (primary N) is 1. The summed E-state index contributed by atoms with van der Waals surface area (Å²) < 4.78 is 7.23. The summed E-state index contributed by atoms with van der Waals surface area (Å²) in [5.41, 5.74) is 3.58. The van der Waals surface area contributed by atoms with E-state index in [1.54, 1.807) is 13.3 Å². The molecule has 94 valence electrons. The van der Waals surface area contributed by atoms with Gasteiger partial charge in [0, 0.05) is 0 Å². The van der Waals surface area contributed by atoms with Crippen LogP contribution in [0.3, 0.4) is 0 Å². The molecule has 2 aromatic rings. The maximum absolute atomic E-state index is 5.51. The van der Waals surface area contributed by atoms with Crippen molar-refractivity contribution >= 4 is 28.1 Å². The summed E-state index contributed by atoms with van der Waals surface area (Å²) in [5, 5.41) is 11.3. The lowest BCUT2D eigenvalue weighted by molar-refractivity contribution is 0.412. The normalized spacial score (nSPS) is 10.8. The van der Waals surface area contributed by atoms with E-state index < -0.39 is 0 Å². The highest BCUT2D eigenvalue weighted by atomic mass is 79.9. The van der Waals surface area contributed by atoms with E-state index in [2.05, 4.69) is 36.7 Å². The third kappa shape index (κ3) is 2.77. The van der Waals surface area contributed by atoms with Gasteiger partial charge in [0.2, 0.25) is 0 Å². The molecule has 0 spiro atoms. The van der Waals surface area contributed by atoms with Crippen molar-refractivity contribution in [2.24, 2.45) is 5.10 Å². The number of halogens is 1. The van der Waals surface area contributed by atoms with Crippen molar-refractivity contribution < 1.29 is 4.74 Å². The molecule has 0 saturated heterocycles. The van der Waals surface area contributed by atoms with Crippen LogP contribution in [0.4, 0.5) is 5.95 Å². The van der Waals surface area contributed by atoms with Crippen molar-refractivity contribution in [3.63, 3.8) is 0 Å². The topological polar surface area (TPSA) is 90.3 Å². The molecule has 1 heterocycles. The number of hydrogen-bond acceptors (Lipinski definition) is 6. The zero-order valence-corrected chi connectivity index (χ0v) is 11.1. The van der Waals surface area contributed by atoms with E-state index in [4.69, 9.17) is 10.6 Å². The molecule has 3 N–H and O–H groups in total. The van der Waals surface area contributed by atoms with Crippen molar-refractivity contribution in [3.05, 3.63) is 34.6 Å². The SMILES string of the molecule is COc1ccc(/C=N/Nc2nncn2N)cc1Br. The molecule has 18 heavy (non-hydrogen) atoms. The molecule has 0 unspecified atom stereocenters. The van der Waals surface area contributed by atoms with E-state index in [0.29, 0.717) is 5.95 Å². The lowest BCUT2D eigenvalue weighted by Crippen LogP contribution is -2.10. The van der Waals surface area contributed by atoms with Crippen molar-refractivity contribution in [2.45, 2.75) is 0 Å². The standard InChI is InChI=1S/C10H11BrN6O/c1-18-9-3-2-7(4-8(9)11)5-13-15-10-16-14-6-17(10)12/h2-6H,12H2,1H3,(H,15,16)/b13-5+. The van der Waals surface area contributed by atoms with Gasteiger partial charge in [-0.1, -0.05) is 0 Å². The molecule has 0 atom stereocenters. The molecule has 0 amide bonds. The highest BCUT2D eigenvalue weighted by Gasteiger charge is 2.00. The fourth-order valence-corrected chi connectivity index (χ4v) is 1.81. The second kappa shape index (κ2) is 5.50. The highest BCUT2D eigenvalue weighted by molar-refractivity contribution is 9.10. The predicted octanol–water partition coefficient (Wildman–Crippen LogP) is 1.21. The van der Waals surface area contributed by atoms with Crippen LogP contribution in [0.5, 0.6) is 5.75 Å². The van der Waals surface area contributed by atoms with Gasteiger partial charge in [-0.3, -0.25) is 0 Å². The van der Waals surface area contributed by atoms with Crippen molar-refractivity contribution in [2.75, 3.05) is 18.4 Å². The van der Waals surface area contributed by atoms with E-state index in [1.165, 1.54) is 11.0 Å². The quantitative estimate of drug-likeness (QED) is 0.503. The van der Waals surface area contributed by atoms with Crippen LogP contribution >= 0.6 is 15.9 Å². The van der Waals surface area contributed by atoms with Crippen molar-refractivity contribution in [3.8, 4) is 5.75 Å². The Hall–Kier alpha value is -2.09. The maximum Gasteiger partial charge on any atom is 0.263 e. The molecule has 0 fully saturated rings. The summed E-state index contributed by atoms with van der Waals surface area (Å²) in [4.78, 5) is 0.